The molecule has 2 aromatic rings. The quantitative estimate of drug-likeness (QED) is 0.946. The standard InChI is InChI=1S/C16H22N4O2/c1-10(2)15-14(11(3)19-22-15)16(21)20-8-4-5-12(9-20)13-6-7-17-18-13/h6-7,10,12H,4-5,8-9H2,1-3H3,(H,17,18)/t12-/m0/s1. The SMILES string of the molecule is Cc1noc(C(C)C)c1C(=O)N1CCC[C@H](c2ccn[nH]2)C1. The number of aryl methyl sites for hydroxylation is 1. The van der Waals surface area contributed by atoms with Crippen LogP contribution in [0.5, 0.6) is 0 Å². The Balaban J connectivity index is 1.82. The van der Waals surface area contributed by atoms with Crippen LogP contribution in [-0.4, -0.2) is 39.3 Å². The first kappa shape index (κ1) is 14.8. The first-order chi connectivity index (χ1) is 10.6. The predicted octanol–water partition coefficient (Wildman–Crippen LogP) is 2.85. The van der Waals surface area contributed by atoms with E-state index in [0.29, 0.717) is 29.5 Å². The van der Waals surface area contributed by atoms with Crippen molar-refractivity contribution in [3.8, 4) is 0 Å². The summed E-state index contributed by atoms with van der Waals surface area (Å²) in [4.78, 5) is 14.8. The normalized spacial score (nSPS) is 18.9. The van der Waals surface area contributed by atoms with Gasteiger partial charge >= 0.3 is 0 Å². The number of H-pyrrole nitrogens is 1. The van der Waals surface area contributed by atoms with E-state index in [1.54, 1.807) is 6.20 Å². The van der Waals surface area contributed by atoms with Gasteiger partial charge in [-0.1, -0.05) is 19.0 Å². The summed E-state index contributed by atoms with van der Waals surface area (Å²) < 4.78 is 5.35. The Morgan fingerprint density at radius 1 is 1.50 bits per heavy atom. The second kappa shape index (κ2) is 5.94. The average Bonchev–Trinajstić information content (AvgIpc) is 3.16. The van der Waals surface area contributed by atoms with Gasteiger partial charge in [0.05, 0.1) is 5.69 Å². The van der Waals surface area contributed by atoms with Gasteiger partial charge in [0.25, 0.3) is 5.91 Å². The van der Waals surface area contributed by atoms with Crippen LogP contribution in [0.15, 0.2) is 16.8 Å². The van der Waals surface area contributed by atoms with E-state index in [1.165, 1.54) is 0 Å². The highest BCUT2D eigenvalue weighted by atomic mass is 16.5. The fourth-order valence-electron chi connectivity index (χ4n) is 3.11. The molecule has 6 nitrogen and oxygen atoms in total. The van der Waals surface area contributed by atoms with Crippen molar-refractivity contribution in [2.24, 2.45) is 0 Å². The lowest BCUT2D eigenvalue weighted by molar-refractivity contribution is 0.0702. The van der Waals surface area contributed by atoms with Crippen LogP contribution in [0, 0.1) is 6.92 Å². The molecule has 1 N–H and O–H groups in total. The van der Waals surface area contributed by atoms with Crippen molar-refractivity contribution in [1.82, 2.24) is 20.3 Å². The Bertz CT molecular complexity index is 645. The Hall–Kier alpha value is -2.11. The van der Waals surface area contributed by atoms with E-state index in [-0.39, 0.29) is 11.8 Å². The monoisotopic (exact) mass is 302 g/mol. The molecule has 1 fully saturated rings. The van der Waals surface area contributed by atoms with Gasteiger partial charge in [0.15, 0.2) is 5.76 Å². The summed E-state index contributed by atoms with van der Waals surface area (Å²) in [5.74, 6) is 1.19. The predicted molar refractivity (Wildman–Crippen MR) is 81.8 cm³/mol. The molecule has 6 heteroatoms. The van der Waals surface area contributed by atoms with Crippen LogP contribution < -0.4 is 0 Å². The van der Waals surface area contributed by atoms with Crippen LogP contribution in [0.1, 0.15) is 66.0 Å². The third-order valence-electron chi connectivity index (χ3n) is 4.30. The van der Waals surface area contributed by atoms with Crippen molar-refractivity contribution < 1.29 is 9.32 Å². The van der Waals surface area contributed by atoms with E-state index < -0.39 is 0 Å². The Kier molecular flexibility index (Phi) is 4.00. The molecule has 0 aliphatic carbocycles. The van der Waals surface area contributed by atoms with Gasteiger partial charge < -0.3 is 9.42 Å². The van der Waals surface area contributed by atoms with Crippen LogP contribution in [0.2, 0.25) is 0 Å². The van der Waals surface area contributed by atoms with E-state index in [4.69, 9.17) is 4.52 Å². The summed E-state index contributed by atoms with van der Waals surface area (Å²) in [6.07, 6.45) is 3.83. The third kappa shape index (κ3) is 2.65. The number of aromatic amines is 1. The number of carbonyl (C=O) groups excluding carboxylic acids is 1. The van der Waals surface area contributed by atoms with Crippen LogP contribution in [-0.2, 0) is 0 Å². The zero-order chi connectivity index (χ0) is 15.7. The maximum absolute atomic E-state index is 12.9. The highest BCUT2D eigenvalue weighted by Gasteiger charge is 2.31. The number of aromatic nitrogens is 3. The smallest absolute Gasteiger partial charge is 0.259 e. The molecule has 0 saturated carbocycles. The van der Waals surface area contributed by atoms with Gasteiger partial charge in [0, 0.05) is 36.8 Å². The molecule has 0 bridgehead atoms. The topological polar surface area (TPSA) is 75.0 Å². The van der Waals surface area contributed by atoms with Crippen molar-refractivity contribution in [3.05, 3.63) is 35.0 Å². The van der Waals surface area contributed by atoms with Crippen molar-refractivity contribution >= 4 is 5.91 Å². The van der Waals surface area contributed by atoms with Gasteiger partial charge in [-0.2, -0.15) is 5.10 Å². The molecule has 1 saturated heterocycles. The van der Waals surface area contributed by atoms with E-state index in [2.05, 4.69) is 15.4 Å². The maximum atomic E-state index is 12.9. The zero-order valence-corrected chi connectivity index (χ0v) is 13.3. The Morgan fingerprint density at radius 3 is 3.00 bits per heavy atom. The van der Waals surface area contributed by atoms with E-state index in [9.17, 15) is 4.79 Å². The van der Waals surface area contributed by atoms with Crippen molar-refractivity contribution in [3.63, 3.8) is 0 Å². The molecular formula is C16H22N4O2. The number of rotatable bonds is 3. The number of likely N-dealkylation sites (tertiary alicyclic amines) is 1. The fourth-order valence-corrected chi connectivity index (χ4v) is 3.11. The number of hydrogen-bond donors (Lipinski definition) is 1. The Labute approximate surface area is 129 Å². The van der Waals surface area contributed by atoms with Crippen LogP contribution in [0.3, 0.4) is 0 Å². The molecule has 1 aliphatic heterocycles. The molecular weight excluding hydrogens is 280 g/mol. The minimum atomic E-state index is 0.0339. The summed E-state index contributed by atoms with van der Waals surface area (Å²) in [7, 11) is 0. The number of nitrogens with zero attached hydrogens (tertiary/aromatic N) is 3. The fraction of sp³-hybridized carbons (Fsp3) is 0.562. The van der Waals surface area contributed by atoms with Crippen molar-refractivity contribution in [2.45, 2.75) is 45.4 Å². The molecule has 2 aromatic heterocycles. The Morgan fingerprint density at radius 2 is 2.32 bits per heavy atom. The molecule has 1 amide bonds. The summed E-state index contributed by atoms with van der Waals surface area (Å²) in [5.41, 5.74) is 2.42. The second-order valence-corrected chi connectivity index (χ2v) is 6.26. The summed E-state index contributed by atoms with van der Waals surface area (Å²) in [6.45, 7) is 7.36. The molecule has 0 radical (unpaired) electrons. The van der Waals surface area contributed by atoms with Crippen LogP contribution >= 0.6 is 0 Å². The number of amides is 1. The molecule has 1 aliphatic rings. The molecule has 0 spiro atoms. The summed E-state index contributed by atoms with van der Waals surface area (Å²) in [5, 5.41) is 11.0. The highest BCUT2D eigenvalue weighted by molar-refractivity contribution is 5.96. The summed E-state index contributed by atoms with van der Waals surface area (Å²) >= 11 is 0. The lowest BCUT2D eigenvalue weighted by Gasteiger charge is -2.32. The summed E-state index contributed by atoms with van der Waals surface area (Å²) in [6, 6.07) is 1.99. The molecule has 3 heterocycles. The van der Waals surface area contributed by atoms with Crippen molar-refractivity contribution in [2.75, 3.05) is 13.1 Å². The molecule has 118 valence electrons. The van der Waals surface area contributed by atoms with E-state index in [0.717, 1.165) is 25.1 Å². The van der Waals surface area contributed by atoms with Crippen LogP contribution in [0.4, 0.5) is 0 Å². The minimum Gasteiger partial charge on any atom is -0.360 e. The van der Waals surface area contributed by atoms with Crippen molar-refractivity contribution in [1.29, 1.82) is 0 Å². The molecule has 3 rings (SSSR count). The molecule has 22 heavy (non-hydrogen) atoms. The van der Waals surface area contributed by atoms with Gasteiger partial charge in [-0.15, -0.1) is 0 Å². The molecule has 0 aromatic carbocycles. The molecule has 1 atom stereocenters. The van der Waals surface area contributed by atoms with Gasteiger partial charge in [-0.05, 0) is 25.8 Å². The number of nitrogens with one attached hydrogen (secondary N) is 1. The third-order valence-corrected chi connectivity index (χ3v) is 4.30. The van der Waals surface area contributed by atoms with Gasteiger partial charge in [0.2, 0.25) is 0 Å². The first-order valence-electron chi connectivity index (χ1n) is 7.82. The second-order valence-electron chi connectivity index (χ2n) is 6.26. The first-order valence-corrected chi connectivity index (χ1v) is 7.82. The lowest BCUT2D eigenvalue weighted by Crippen LogP contribution is -2.39. The van der Waals surface area contributed by atoms with Crippen LogP contribution in [0.25, 0.3) is 0 Å². The molecule has 0 unspecified atom stereocenters. The average molecular weight is 302 g/mol. The van der Waals surface area contributed by atoms with E-state index in [1.807, 2.05) is 31.7 Å². The van der Waals surface area contributed by atoms with E-state index >= 15 is 0 Å². The highest BCUT2D eigenvalue weighted by Crippen LogP contribution is 2.29. The number of piperidine rings is 1. The minimum absolute atomic E-state index is 0.0339. The number of carbonyl (C=O) groups is 1. The van der Waals surface area contributed by atoms with Gasteiger partial charge in [-0.25, -0.2) is 0 Å². The largest absolute Gasteiger partial charge is 0.360 e. The van der Waals surface area contributed by atoms with Gasteiger partial charge in [-0.3, -0.25) is 9.89 Å². The maximum Gasteiger partial charge on any atom is 0.259 e. The lowest BCUT2D eigenvalue weighted by atomic mass is 9.94. The number of hydrogen-bond acceptors (Lipinski definition) is 4. The van der Waals surface area contributed by atoms with Gasteiger partial charge in [0.1, 0.15) is 5.56 Å². The zero-order valence-electron chi connectivity index (χ0n) is 13.3.